The second kappa shape index (κ2) is 5.17. The SMILES string of the molecule is CNC(=O)C(C)Nc1ccc(C(C)(C)C)cn1. The predicted molar refractivity (Wildman–Crippen MR) is 70.1 cm³/mol. The van der Waals surface area contributed by atoms with Crippen LogP contribution in [0.5, 0.6) is 0 Å². The summed E-state index contributed by atoms with van der Waals surface area (Å²) in [6, 6.07) is 3.65. The Bertz CT molecular complexity index is 379. The van der Waals surface area contributed by atoms with E-state index in [1.807, 2.05) is 18.3 Å². The van der Waals surface area contributed by atoms with E-state index in [9.17, 15) is 4.79 Å². The lowest BCUT2D eigenvalue weighted by Crippen LogP contribution is -2.35. The smallest absolute Gasteiger partial charge is 0.241 e. The summed E-state index contributed by atoms with van der Waals surface area (Å²) in [5, 5.41) is 5.64. The fourth-order valence-electron chi connectivity index (χ4n) is 1.43. The summed E-state index contributed by atoms with van der Waals surface area (Å²) in [4.78, 5) is 15.7. The summed E-state index contributed by atoms with van der Waals surface area (Å²) in [7, 11) is 1.62. The van der Waals surface area contributed by atoms with Crippen molar-refractivity contribution in [2.75, 3.05) is 12.4 Å². The van der Waals surface area contributed by atoms with Crippen LogP contribution in [-0.2, 0) is 10.2 Å². The second-order valence-corrected chi connectivity index (χ2v) is 5.16. The minimum atomic E-state index is -0.284. The van der Waals surface area contributed by atoms with Gasteiger partial charge in [0, 0.05) is 13.2 Å². The van der Waals surface area contributed by atoms with Crippen LogP contribution in [0.1, 0.15) is 33.3 Å². The van der Waals surface area contributed by atoms with Crippen molar-refractivity contribution < 1.29 is 4.79 Å². The molecule has 4 heteroatoms. The molecule has 0 radical (unpaired) electrons. The third kappa shape index (κ3) is 3.73. The van der Waals surface area contributed by atoms with Crippen LogP contribution in [0.3, 0.4) is 0 Å². The van der Waals surface area contributed by atoms with Crippen molar-refractivity contribution in [3.8, 4) is 0 Å². The van der Waals surface area contributed by atoms with Gasteiger partial charge in [-0.25, -0.2) is 4.98 Å². The minimum absolute atomic E-state index is 0.0494. The standard InChI is InChI=1S/C13H21N3O/c1-9(12(17)14-5)16-11-7-6-10(8-15-11)13(2,3)4/h6-9H,1-5H3,(H,14,17)(H,15,16). The average Bonchev–Trinajstić information content (AvgIpc) is 2.27. The molecule has 1 unspecified atom stereocenters. The molecule has 0 saturated heterocycles. The topological polar surface area (TPSA) is 54.0 Å². The number of carbonyl (C=O) groups is 1. The van der Waals surface area contributed by atoms with Gasteiger partial charge in [-0.15, -0.1) is 0 Å². The summed E-state index contributed by atoms with van der Waals surface area (Å²) >= 11 is 0. The fourth-order valence-corrected chi connectivity index (χ4v) is 1.43. The molecule has 1 amide bonds. The van der Waals surface area contributed by atoms with Crippen molar-refractivity contribution in [1.82, 2.24) is 10.3 Å². The number of pyridine rings is 1. The molecular weight excluding hydrogens is 214 g/mol. The summed E-state index contributed by atoms with van der Waals surface area (Å²) < 4.78 is 0. The van der Waals surface area contributed by atoms with Gasteiger partial charge in [-0.3, -0.25) is 4.79 Å². The van der Waals surface area contributed by atoms with E-state index in [-0.39, 0.29) is 17.4 Å². The zero-order valence-electron chi connectivity index (χ0n) is 11.2. The maximum absolute atomic E-state index is 11.3. The molecule has 1 aromatic heterocycles. The van der Waals surface area contributed by atoms with Crippen LogP contribution in [-0.4, -0.2) is 24.0 Å². The van der Waals surface area contributed by atoms with Crippen LogP contribution in [0.2, 0.25) is 0 Å². The van der Waals surface area contributed by atoms with E-state index in [1.54, 1.807) is 14.0 Å². The summed E-state index contributed by atoms with van der Waals surface area (Å²) in [6.45, 7) is 8.23. The number of hydrogen-bond donors (Lipinski definition) is 2. The van der Waals surface area contributed by atoms with Gasteiger partial charge in [-0.1, -0.05) is 26.8 Å². The lowest BCUT2D eigenvalue weighted by atomic mass is 9.88. The van der Waals surface area contributed by atoms with Crippen LogP contribution in [0, 0.1) is 0 Å². The number of nitrogens with zero attached hydrogens (tertiary/aromatic N) is 1. The lowest BCUT2D eigenvalue weighted by Gasteiger charge is -2.19. The molecular formula is C13H21N3O. The van der Waals surface area contributed by atoms with E-state index in [0.717, 1.165) is 0 Å². The largest absolute Gasteiger partial charge is 0.359 e. The average molecular weight is 235 g/mol. The van der Waals surface area contributed by atoms with Gasteiger partial charge in [-0.2, -0.15) is 0 Å². The third-order valence-corrected chi connectivity index (χ3v) is 2.63. The molecule has 0 aromatic carbocycles. The Balaban J connectivity index is 2.72. The highest BCUT2D eigenvalue weighted by atomic mass is 16.2. The number of carbonyl (C=O) groups excluding carboxylic acids is 1. The molecule has 1 heterocycles. The first-order valence-corrected chi connectivity index (χ1v) is 5.79. The number of rotatable bonds is 3. The van der Waals surface area contributed by atoms with Gasteiger partial charge in [0.1, 0.15) is 11.9 Å². The highest BCUT2D eigenvalue weighted by molar-refractivity contribution is 5.83. The zero-order valence-corrected chi connectivity index (χ0v) is 11.2. The molecule has 4 nitrogen and oxygen atoms in total. The maximum Gasteiger partial charge on any atom is 0.241 e. The van der Waals surface area contributed by atoms with Crippen LogP contribution < -0.4 is 10.6 Å². The second-order valence-electron chi connectivity index (χ2n) is 5.16. The van der Waals surface area contributed by atoms with Crippen molar-refractivity contribution in [1.29, 1.82) is 0 Å². The highest BCUT2D eigenvalue weighted by Crippen LogP contribution is 2.21. The van der Waals surface area contributed by atoms with Gasteiger partial charge in [0.25, 0.3) is 0 Å². The van der Waals surface area contributed by atoms with Crippen molar-refractivity contribution in [2.24, 2.45) is 0 Å². The van der Waals surface area contributed by atoms with Crippen molar-refractivity contribution in [2.45, 2.75) is 39.2 Å². The van der Waals surface area contributed by atoms with E-state index in [2.05, 4.69) is 36.4 Å². The normalized spacial score (nSPS) is 13.0. The molecule has 2 N–H and O–H groups in total. The molecule has 94 valence electrons. The molecule has 0 aliphatic heterocycles. The molecule has 0 saturated carbocycles. The van der Waals surface area contributed by atoms with Crippen LogP contribution in [0.25, 0.3) is 0 Å². The quantitative estimate of drug-likeness (QED) is 0.841. The molecule has 1 atom stereocenters. The molecule has 1 aromatic rings. The summed E-state index contributed by atoms with van der Waals surface area (Å²) in [6.07, 6.45) is 1.85. The van der Waals surface area contributed by atoms with E-state index in [4.69, 9.17) is 0 Å². The maximum atomic E-state index is 11.3. The van der Waals surface area contributed by atoms with Crippen LogP contribution in [0.15, 0.2) is 18.3 Å². The molecule has 0 bridgehead atoms. The summed E-state index contributed by atoms with van der Waals surface area (Å²) in [5.41, 5.74) is 1.27. The number of anilines is 1. The predicted octanol–water partition coefficient (Wildman–Crippen LogP) is 1.93. The monoisotopic (exact) mass is 235 g/mol. The first kappa shape index (κ1) is 13.5. The zero-order chi connectivity index (χ0) is 13.1. The fraction of sp³-hybridized carbons (Fsp3) is 0.538. The van der Waals surface area contributed by atoms with E-state index >= 15 is 0 Å². The number of hydrogen-bond acceptors (Lipinski definition) is 3. The Morgan fingerprint density at radius 1 is 1.35 bits per heavy atom. The van der Waals surface area contributed by atoms with Gasteiger partial charge >= 0.3 is 0 Å². The minimum Gasteiger partial charge on any atom is -0.359 e. The van der Waals surface area contributed by atoms with E-state index < -0.39 is 0 Å². The third-order valence-electron chi connectivity index (χ3n) is 2.63. The first-order chi connectivity index (χ1) is 7.84. The number of amides is 1. The Kier molecular flexibility index (Phi) is 4.10. The molecule has 0 aliphatic rings. The molecule has 1 rings (SSSR count). The molecule has 17 heavy (non-hydrogen) atoms. The van der Waals surface area contributed by atoms with Crippen LogP contribution in [0.4, 0.5) is 5.82 Å². The van der Waals surface area contributed by atoms with Crippen molar-refractivity contribution in [3.63, 3.8) is 0 Å². The summed E-state index contributed by atoms with van der Waals surface area (Å²) in [5.74, 6) is 0.667. The Hall–Kier alpha value is -1.58. The van der Waals surface area contributed by atoms with Crippen LogP contribution >= 0.6 is 0 Å². The molecule has 0 aliphatic carbocycles. The number of likely N-dealkylation sites (N-methyl/N-ethyl adjacent to an activating group) is 1. The first-order valence-electron chi connectivity index (χ1n) is 5.79. The van der Waals surface area contributed by atoms with Crippen molar-refractivity contribution >= 4 is 11.7 Å². The number of nitrogens with one attached hydrogen (secondary N) is 2. The van der Waals surface area contributed by atoms with Gasteiger partial charge in [0.15, 0.2) is 0 Å². The Morgan fingerprint density at radius 3 is 2.41 bits per heavy atom. The Labute approximate surface area is 103 Å². The highest BCUT2D eigenvalue weighted by Gasteiger charge is 2.15. The van der Waals surface area contributed by atoms with E-state index in [1.165, 1.54) is 5.56 Å². The lowest BCUT2D eigenvalue weighted by molar-refractivity contribution is -0.121. The van der Waals surface area contributed by atoms with Gasteiger partial charge in [0.05, 0.1) is 0 Å². The molecule has 0 fully saturated rings. The Morgan fingerprint density at radius 2 is 2.00 bits per heavy atom. The van der Waals surface area contributed by atoms with E-state index in [0.29, 0.717) is 5.82 Å². The van der Waals surface area contributed by atoms with Gasteiger partial charge in [-0.05, 0) is 24.0 Å². The van der Waals surface area contributed by atoms with Gasteiger partial charge < -0.3 is 10.6 Å². The number of aromatic nitrogens is 1. The van der Waals surface area contributed by atoms with Gasteiger partial charge in [0.2, 0.25) is 5.91 Å². The molecule has 0 spiro atoms. The van der Waals surface area contributed by atoms with Crippen molar-refractivity contribution in [3.05, 3.63) is 23.9 Å².